The van der Waals surface area contributed by atoms with Gasteiger partial charge in [-0.3, -0.25) is 4.79 Å². The predicted octanol–water partition coefficient (Wildman–Crippen LogP) is 3.52. The summed E-state index contributed by atoms with van der Waals surface area (Å²) in [6, 6.07) is 5.26. The van der Waals surface area contributed by atoms with Crippen molar-refractivity contribution in [2.24, 2.45) is 0 Å². The second-order valence-corrected chi connectivity index (χ2v) is 6.19. The van der Waals surface area contributed by atoms with Crippen LogP contribution < -0.4 is 10.6 Å². The fourth-order valence-electron chi connectivity index (χ4n) is 1.66. The van der Waals surface area contributed by atoms with E-state index < -0.39 is 11.5 Å². The van der Waals surface area contributed by atoms with Crippen molar-refractivity contribution >= 4 is 33.6 Å². The summed E-state index contributed by atoms with van der Waals surface area (Å²) in [4.78, 5) is 22.5. The van der Waals surface area contributed by atoms with Crippen LogP contribution in [-0.4, -0.2) is 22.6 Å². The van der Waals surface area contributed by atoms with E-state index >= 15 is 0 Å². The lowest BCUT2D eigenvalue weighted by Crippen LogP contribution is -2.45. The smallest absolute Gasteiger partial charge is 0.319 e. The maximum Gasteiger partial charge on any atom is 0.319 e. The molecule has 0 atom stereocenters. The van der Waals surface area contributed by atoms with Crippen molar-refractivity contribution in [2.75, 3.05) is 5.32 Å². The normalized spacial score (nSPS) is 11.0. The molecule has 0 radical (unpaired) electrons. The molecule has 1 aromatic rings. The molecular formula is C14H19BrN2O3. The molecule has 0 aliphatic rings. The van der Waals surface area contributed by atoms with Crippen LogP contribution in [0.4, 0.5) is 10.5 Å². The van der Waals surface area contributed by atoms with Gasteiger partial charge in [0.15, 0.2) is 0 Å². The highest BCUT2D eigenvalue weighted by Gasteiger charge is 2.21. The third-order valence-electron chi connectivity index (χ3n) is 2.79. The van der Waals surface area contributed by atoms with E-state index in [1.807, 2.05) is 25.1 Å². The van der Waals surface area contributed by atoms with Gasteiger partial charge in [0.05, 0.1) is 5.69 Å². The minimum atomic E-state index is -0.874. The summed E-state index contributed by atoms with van der Waals surface area (Å²) in [5.41, 5.74) is 1.17. The van der Waals surface area contributed by atoms with E-state index in [0.717, 1.165) is 10.0 Å². The number of carboxylic acids is 1. The van der Waals surface area contributed by atoms with Crippen molar-refractivity contribution in [1.82, 2.24) is 5.32 Å². The van der Waals surface area contributed by atoms with Gasteiger partial charge in [0.2, 0.25) is 0 Å². The van der Waals surface area contributed by atoms with Gasteiger partial charge in [-0.2, -0.15) is 0 Å². The zero-order valence-electron chi connectivity index (χ0n) is 11.8. The minimum Gasteiger partial charge on any atom is -0.481 e. The molecule has 0 spiro atoms. The number of rotatable bonds is 5. The average molecular weight is 343 g/mol. The molecule has 1 rings (SSSR count). The summed E-state index contributed by atoms with van der Waals surface area (Å²) in [6.07, 6.45) is 0.381. The lowest BCUT2D eigenvalue weighted by Gasteiger charge is -2.25. The number of hydrogen-bond acceptors (Lipinski definition) is 2. The number of nitrogens with one attached hydrogen (secondary N) is 2. The Morgan fingerprint density at radius 1 is 1.35 bits per heavy atom. The van der Waals surface area contributed by atoms with E-state index in [9.17, 15) is 9.59 Å². The van der Waals surface area contributed by atoms with Crippen molar-refractivity contribution in [3.63, 3.8) is 0 Å². The fraction of sp³-hybridized carbons (Fsp3) is 0.429. The Balaban J connectivity index is 2.60. The number of halogens is 1. The van der Waals surface area contributed by atoms with Crippen LogP contribution in [0.15, 0.2) is 22.7 Å². The molecule has 0 unspecified atom stereocenters. The molecule has 3 N–H and O–H groups in total. The van der Waals surface area contributed by atoms with E-state index in [1.54, 1.807) is 13.8 Å². The molecule has 2 amide bonds. The topological polar surface area (TPSA) is 78.4 Å². The van der Waals surface area contributed by atoms with Crippen molar-refractivity contribution in [3.05, 3.63) is 28.2 Å². The number of aliphatic carboxylic acids is 1. The second kappa shape index (κ2) is 6.74. The first-order chi connectivity index (χ1) is 9.19. The molecule has 1 aromatic carbocycles. The molecule has 0 saturated heterocycles. The lowest BCUT2D eigenvalue weighted by molar-refractivity contribution is -0.137. The predicted molar refractivity (Wildman–Crippen MR) is 82.0 cm³/mol. The Labute approximate surface area is 126 Å². The van der Waals surface area contributed by atoms with E-state index in [2.05, 4.69) is 26.6 Å². The highest BCUT2D eigenvalue weighted by Crippen LogP contribution is 2.23. The highest BCUT2D eigenvalue weighted by atomic mass is 79.9. The molecule has 0 aliphatic carbocycles. The molecule has 0 saturated carbocycles. The monoisotopic (exact) mass is 342 g/mol. The Kier molecular flexibility index (Phi) is 5.56. The van der Waals surface area contributed by atoms with E-state index in [1.165, 1.54) is 0 Å². The van der Waals surface area contributed by atoms with Crippen molar-refractivity contribution in [1.29, 1.82) is 0 Å². The third kappa shape index (κ3) is 5.61. The number of carbonyl (C=O) groups is 2. The zero-order chi connectivity index (χ0) is 15.3. The van der Waals surface area contributed by atoms with Crippen LogP contribution in [0, 0.1) is 6.92 Å². The van der Waals surface area contributed by atoms with Gasteiger partial charge in [-0.05, 0) is 60.8 Å². The summed E-state index contributed by atoms with van der Waals surface area (Å²) in [7, 11) is 0. The molecule has 110 valence electrons. The van der Waals surface area contributed by atoms with Crippen LogP contribution >= 0.6 is 15.9 Å². The average Bonchev–Trinajstić information content (AvgIpc) is 2.30. The second-order valence-electron chi connectivity index (χ2n) is 5.34. The van der Waals surface area contributed by atoms with Crippen molar-refractivity contribution < 1.29 is 14.7 Å². The van der Waals surface area contributed by atoms with E-state index in [0.29, 0.717) is 12.1 Å². The number of urea groups is 1. The number of amides is 2. The summed E-state index contributed by atoms with van der Waals surface area (Å²) < 4.78 is 0.802. The maximum atomic E-state index is 11.9. The van der Waals surface area contributed by atoms with Crippen LogP contribution in [0.3, 0.4) is 0 Å². The molecule has 5 nitrogen and oxygen atoms in total. The molecule has 0 aliphatic heterocycles. The van der Waals surface area contributed by atoms with Gasteiger partial charge in [0.1, 0.15) is 0 Å². The number of carbonyl (C=O) groups excluding carboxylic acids is 1. The summed E-state index contributed by atoms with van der Waals surface area (Å²) in [5, 5.41) is 14.2. The molecular weight excluding hydrogens is 324 g/mol. The van der Waals surface area contributed by atoms with Crippen LogP contribution in [-0.2, 0) is 4.79 Å². The van der Waals surface area contributed by atoms with Crippen LogP contribution in [0.5, 0.6) is 0 Å². The first kappa shape index (κ1) is 16.5. The summed E-state index contributed by atoms with van der Waals surface area (Å²) in [5.74, 6) is -0.874. The molecule has 0 bridgehead atoms. The first-order valence-electron chi connectivity index (χ1n) is 6.27. The number of aryl methyl sites for hydroxylation is 1. The van der Waals surface area contributed by atoms with Crippen LogP contribution in [0.25, 0.3) is 0 Å². The number of benzene rings is 1. The molecule has 6 heteroatoms. The van der Waals surface area contributed by atoms with Gasteiger partial charge in [0.25, 0.3) is 0 Å². The highest BCUT2D eigenvalue weighted by molar-refractivity contribution is 9.10. The number of anilines is 1. The fourth-order valence-corrected chi connectivity index (χ4v) is 2.26. The largest absolute Gasteiger partial charge is 0.481 e. The summed E-state index contributed by atoms with van der Waals surface area (Å²) >= 11 is 3.38. The first-order valence-corrected chi connectivity index (χ1v) is 7.06. The third-order valence-corrected chi connectivity index (χ3v) is 3.44. The Bertz CT molecular complexity index is 515. The van der Waals surface area contributed by atoms with Crippen molar-refractivity contribution in [3.8, 4) is 0 Å². The molecule has 0 heterocycles. The van der Waals surface area contributed by atoms with Crippen molar-refractivity contribution in [2.45, 2.75) is 39.2 Å². The van der Waals surface area contributed by atoms with Gasteiger partial charge >= 0.3 is 12.0 Å². The Morgan fingerprint density at radius 3 is 2.55 bits per heavy atom. The minimum absolute atomic E-state index is 0.0154. The van der Waals surface area contributed by atoms with Crippen LogP contribution in [0.2, 0.25) is 0 Å². The summed E-state index contributed by atoms with van der Waals surface area (Å²) in [6.45, 7) is 5.54. The standard InChI is InChI=1S/C14H19BrN2O3/c1-9-4-5-11(10(15)8-9)16-13(20)17-14(2,3)7-6-12(18)19/h4-5,8H,6-7H2,1-3H3,(H,18,19)(H2,16,17,20). The Morgan fingerprint density at radius 2 is 2.00 bits per heavy atom. The van der Waals surface area contributed by atoms with Gasteiger partial charge < -0.3 is 15.7 Å². The van der Waals surface area contributed by atoms with Gasteiger partial charge in [-0.15, -0.1) is 0 Å². The molecule has 0 aromatic heterocycles. The molecule has 0 fully saturated rings. The number of hydrogen-bond donors (Lipinski definition) is 3. The van der Waals surface area contributed by atoms with Crippen LogP contribution in [0.1, 0.15) is 32.3 Å². The molecule has 20 heavy (non-hydrogen) atoms. The van der Waals surface area contributed by atoms with Gasteiger partial charge in [0, 0.05) is 16.4 Å². The SMILES string of the molecule is Cc1ccc(NC(=O)NC(C)(C)CCC(=O)O)c(Br)c1. The maximum absolute atomic E-state index is 11.9. The van der Waals surface area contributed by atoms with E-state index in [-0.39, 0.29) is 12.5 Å². The zero-order valence-corrected chi connectivity index (χ0v) is 13.4. The van der Waals surface area contributed by atoms with E-state index in [4.69, 9.17) is 5.11 Å². The van der Waals surface area contributed by atoms with Gasteiger partial charge in [-0.1, -0.05) is 6.07 Å². The lowest BCUT2D eigenvalue weighted by atomic mass is 9.99. The Hall–Kier alpha value is -1.56. The van der Waals surface area contributed by atoms with Gasteiger partial charge in [-0.25, -0.2) is 4.79 Å². The quantitative estimate of drug-likeness (QED) is 0.765. The number of carboxylic acid groups (broad SMARTS) is 1.